The molecule has 8 aromatic rings. The molecule has 8 aromatic carbocycles. The molecule has 2 N–H and O–H groups in total. The van der Waals surface area contributed by atoms with E-state index in [9.17, 15) is 0 Å². The number of nitrogens with two attached hydrogens (primary N) is 1. The Labute approximate surface area is 424 Å². The number of anilines is 6. The lowest BCUT2D eigenvalue weighted by Gasteiger charge is -2.28. The minimum Gasteiger partial charge on any atom is -0.398 e. The molecule has 6 heteroatoms. The highest BCUT2D eigenvalue weighted by atomic mass is 79.9. The number of hydrogen-bond donors (Lipinski definition) is 2. The van der Waals surface area contributed by atoms with Crippen LogP contribution in [0.15, 0.2) is 197 Å². The lowest BCUT2D eigenvalue weighted by atomic mass is 9.82. The Balaban J connectivity index is 0.000000998. The van der Waals surface area contributed by atoms with Gasteiger partial charge in [0.25, 0.3) is 0 Å². The van der Waals surface area contributed by atoms with E-state index in [1.165, 1.54) is 11.3 Å². The number of allylic oxidation sites excluding steroid dienone is 3. The summed E-state index contributed by atoms with van der Waals surface area (Å²) in [6.45, 7) is 18.8. The normalized spacial score (nSPS) is 11.6. The van der Waals surface area contributed by atoms with E-state index in [4.69, 9.17) is 5.73 Å². The monoisotopic (exact) mass is 1030 g/mol. The summed E-state index contributed by atoms with van der Waals surface area (Å²) in [5.74, 6) is 0. The molecule has 346 valence electrons. The molecule has 0 fully saturated rings. The topological polar surface area (TPSA) is 32.5 Å². The molecule has 0 heterocycles. The average molecular weight is 1030 g/mol. The summed E-state index contributed by atoms with van der Waals surface area (Å²) in [7, 11) is 0. The van der Waals surface area contributed by atoms with Gasteiger partial charge < -0.3 is 15.5 Å². The van der Waals surface area contributed by atoms with E-state index < -0.39 is 0 Å². The van der Waals surface area contributed by atoms with Gasteiger partial charge in [0.2, 0.25) is 0 Å². The highest BCUT2D eigenvalue weighted by Gasteiger charge is 2.23. The van der Waals surface area contributed by atoms with Gasteiger partial charge in [-0.3, -0.25) is 0 Å². The van der Waals surface area contributed by atoms with Gasteiger partial charge in [-0.2, -0.15) is 12.6 Å². The Hall–Kier alpha value is -5.53. The van der Waals surface area contributed by atoms with Crippen molar-refractivity contribution >= 4 is 100 Å². The predicted molar refractivity (Wildman–Crippen MR) is 310 cm³/mol. The van der Waals surface area contributed by atoms with Gasteiger partial charge in [-0.15, -0.1) is 0 Å². The van der Waals surface area contributed by atoms with Gasteiger partial charge in [-0.05, 0) is 166 Å². The third-order valence-electron chi connectivity index (χ3n) is 11.2. The van der Waals surface area contributed by atoms with E-state index in [0.717, 1.165) is 99.7 Å². The van der Waals surface area contributed by atoms with Crippen LogP contribution in [-0.2, 0) is 5.41 Å². The summed E-state index contributed by atoms with van der Waals surface area (Å²) in [6, 6.07) is 58.7. The molecule has 0 unspecified atom stereocenters. The van der Waals surface area contributed by atoms with Crippen LogP contribution in [0.4, 0.5) is 34.1 Å². The minimum absolute atomic E-state index is 0.116. The number of para-hydroxylation sites is 3. The lowest BCUT2D eigenvalue weighted by molar-refractivity contribution is 0.591. The fraction of sp³-hybridized carbons (Fsp3) is 0.213. The molecule has 0 aromatic heterocycles. The Morgan fingerprint density at radius 1 is 0.448 bits per heavy atom. The van der Waals surface area contributed by atoms with E-state index in [1.807, 2.05) is 41.5 Å². The van der Waals surface area contributed by atoms with Crippen molar-refractivity contribution in [2.45, 2.75) is 80.6 Å². The molecule has 9 rings (SSSR count). The Bertz CT molecular complexity index is 2860. The van der Waals surface area contributed by atoms with Gasteiger partial charge in [0.1, 0.15) is 0 Å². The molecule has 0 saturated carbocycles. The van der Waals surface area contributed by atoms with Crippen molar-refractivity contribution in [3.63, 3.8) is 0 Å². The van der Waals surface area contributed by atoms with Crippen molar-refractivity contribution in [2.75, 3.05) is 21.8 Å². The molecule has 0 radical (unpaired) electrons. The predicted octanol–water partition coefficient (Wildman–Crippen LogP) is 20.2. The maximum Gasteiger partial charge on any atom is 0.0474 e. The quantitative estimate of drug-likeness (QED) is 0.118. The molecule has 1 aliphatic rings. The summed E-state index contributed by atoms with van der Waals surface area (Å²) >= 11 is 11.6. The van der Waals surface area contributed by atoms with Gasteiger partial charge in [0.05, 0.1) is 0 Å². The number of hydrogen-bond acceptors (Lipinski definition) is 4. The number of halogens is 2. The molecule has 1 aliphatic carbocycles. The van der Waals surface area contributed by atoms with Crippen LogP contribution in [0.2, 0.25) is 0 Å². The second-order valence-corrected chi connectivity index (χ2v) is 18.0. The van der Waals surface area contributed by atoms with E-state index in [1.54, 1.807) is 6.26 Å². The number of nitrogen functional groups attached to an aromatic ring is 1. The molecule has 0 aliphatic heterocycles. The van der Waals surface area contributed by atoms with Crippen LogP contribution in [0.3, 0.4) is 0 Å². The van der Waals surface area contributed by atoms with Crippen molar-refractivity contribution in [1.82, 2.24) is 0 Å². The number of rotatable bonds is 8. The summed E-state index contributed by atoms with van der Waals surface area (Å²) in [5, 5.41) is 4.58. The highest BCUT2D eigenvalue weighted by Crippen LogP contribution is 2.46. The summed E-state index contributed by atoms with van der Waals surface area (Å²) in [6.07, 6.45) is 10.6. The molecule has 0 amide bonds. The third-order valence-corrected chi connectivity index (χ3v) is 12.6. The highest BCUT2D eigenvalue weighted by molar-refractivity contribution is 9.11. The van der Waals surface area contributed by atoms with Crippen molar-refractivity contribution in [3.05, 3.63) is 202 Å². The van der Waals surface area contributed by atoms with Gasteiger partial charge in [-0.1, -0.05) is 173 Å². The Kier molecular flexibility index (Phi) is 19.6. The third kappa shape index (κ3) is 12.1. The van der Waals surface area contributed by atoms with Crippen LogP contribution in [0.1, 0.15) is 80.7 Å². The smallest absolute Gasteiger partial charge is 0.0474 e. The number of fused-ring (bicyclic) bond motifs is 2. The summed E-state index contributed by atoms with van der Waals surface area (Å²) in [4.78, 5) is 4.64. The van der Waals surface area contributed by atoms with E-state index >= 15 is 0 Å². The Morgan fingerprint density at radius 2 is 0.851 bits per heavy atom. The van der Waals surface area contributed by atoms with E-state index in [0.29, 0.717) is 0 Å². The zero-order chi connectivity index (χ0) is 48.7. The molecule has 0 atom stereocenters. The first-order valence-electron chi connectivity index (χ1n) is 23.6. The van der Waals surface area contributed by atoms with Gasteiger partial charge >= 0.3 is 0 Å². The van der Waals surface area contributed by atoms with Crippen LogP contribution in [0, 0.1) is 0 Å². The first-order valence-corrected chi connectivity index (χ1v) is 26.1. The molecular weight excluding hydrogens is 967 g/mol. The second-order valence-electron chi connectivity index (χ2n) is 16.2. The van der Waals surface area contributed by atoms with Crippen LogP contribution >= 0.6 is 44.5 Å². The second kappa shape index (κ2) is 25.0. The van der Waals surface area contributed by atoms with Crippen molar-refractivity contribution < 1.29 is 0 Å². The first-order chi connectivity index (χ1) is 32.6. The van der Waals surface area contributed by atoms with Crippen molar-refractivity contribution in [2.24, 2.45) is 0 Å². The molecule has 0 spiro atoms. The largest absolute Gasteiger partial charge is 0.398 e. The van der Waals surface area contributed by atoms with Crippen LogP contribution in [-0.4, -0.2) is 6.26 Å². The fourth-order valence-corrected chi connectivity index (χ4v) is 9.28. The van der Waals surface area contributed by atoms with Gasteiger partial charge in [-0.25, -0.2) is 0 Å². The molecule has 0 bridgehead atoms. The number of thiol groups is 1. The fourth-order valence-electron chi connectivity index (χ4n) is 8.13. The first kappa shape index (κ1) is 52.4. The average Bonchev–Trinajstić information content (AvgIpc) is 3.37. The summed E-state index contributed by atoms with van der Waals surface area (Å²) in [5.41, 5.74) is 20.1. The standard InChI is InChI=1S/C54H45Br2N3.3C2H6.CH4S/c1-54(2,3)40-34-49(47-30-36-24-26-45(28-38(36)32-51(47)55)58(41-16-8-4-9-17-41)42-18-10-5-11-19-42)53(57)50(35-40)48-31-37-25-27-46(29-39(37)33-52(48)56)59(43-20-12-6-13-21-43)44-22-14-7-15-23-44;4*1-2/h4-6,8-14,16-35H,7,15,57H2,1-3H3;3*1-2H3;2H,1H3. The van der Waals surface area contributed by atoms with Gasteiger partial charge in [0, 0.05) is 59.9 Å². The molecule has 0 saturated heterocycles. The molecule has 67 heavy (non-hydrogen) atoms. The molecular formula is C61H67Br2N3S. The SMILES string of the molecule is CC.CC.CC.CC(C)(C)c1cc(-c2cc3ccc(N(C4=CCCC=C4)c4ccccc4)cc3cc2Br)c(N)c(-c2cc3ccc(N(c4ccccc4)c4ccccc4)cc3cc2Br)c1.CS. The summed E-state index contributed by atoms with van der Waals surface area (Å²) < 4.78 is 1.99. The van der Waals surface area contributed by atoms with Crippen LogP contribution < -0.4 is 15.5 Å². The van der Waals surface area contributed by atoms with Crippen LogP contribution in [0.25, 0.3) is 43.8 Å². The van der Waals surface area contributed by atoms with Crippen LogP contribution in [0.5, 0.6) is 0 Å². The number of nitrogens with zero attached hydrogens (tertiary/aromatic N) is 2. The van der Waals surface area contributed by atoms with E-state index in [2.05, 4.69) is 257 Å². The number of benzene rings is 8. The minimum atomic E-state index is -0.116. The van der Waals surface area contributed by atoms with Crippen molar-refractivity contribution in [1.29, 1.82) is 0 Å². The zero-order valence-corrected chi connectivity index (χ0v) is 45.0. The molecule has 3 nitrogen and oxygen atoms in total. The lowest BCUT2D eigenvalue weighted by Crippen LogP contribution is -2.16. The van der Waals surface area contributed by atoms with E-state index in [-0.39, 0.29) is 5.41 Å². The maximum absolute atomic E-state index is 7.32. The zero-order valence-electron chi connectivity index (χ0n) is 40.9. The van der Waals surface area contributed by atoms with Gasteiger partial charge in [0.15, 0.2) is 0 Å². The Morgan fingerprint density at radius 3 is 1.24 bits per heavy atom. The maximum atomic E-state index is 7.32. The van der Waals surface area contributed by atoms with Crippen molar-refractivity contribution in [3.8, 4) is 22.3 Å².